The molecule has 1 fully saturated rings. The van der Waals surface area contributed by atoms with Gasteiger partial charge in [-0.05, 0) is 25.8 Å². The van der Waals surface area contributed by atoms with Crippen LogP contribution >= 0.6 is 0 Å². The largest absolute Gasteiger partial charge is 0.481 e. The minimum Gasteiger partial charge on any atom is -0.481 e. The summed E-state index contributed by atoms with van der Waals surface area (Å²) in [5.74, 6) is -0.733. The fourth-order valence-corrected chi connectivity index (χ4v) is 2.01. The van der Waals surface area contributed by atoms with E-state index in [4.69, 9.17) is 9.84 Å². The van der Waals surface area contributed by atoms with E-state index in [1.54, 1.807) is 7.11 Å². The number of ether oxygens (including phenoxy) is 1. The summed E-state index contributed by atoms with van der Waals surface area (Å²) in [5, 5.41) is 12.1. The molecule has 1 aliphatic carbocycles. The van der Waals surface area contributed by atoms with Crippen molar-refractivity contribution in [3.8, 4) is 0 Å². The summed E-state index contributed by atoms with van der Waals surface area (Å²) in [6.45, 7) is 2.96. The van der Waals surface area contributed by atoms with Crippen LogP contribution in [0.4, 0.5) is 0 Å². The van der Waals surface area contributed by atoms with Crippen molar-refractivity contribution < 1.29 is 14.6 Å². The fraction of sp³-hybridized carbons (Fsp3) is 0.900. The molecule has 0 radical (unpaired) electrons. The summed E-state index contributed by atoms with van der Waals surface area (Å²) in [4.78, 5) is 10.7. The van der Waals surface area contributed by atoms with Crippen molar-refractivity contribution in [3.63, 3.8) is 0 Å². The maximum Gasteiger partial charge on any atom is 0.305 e. The van der Waals surface area contributed by atoms with Gasteiger partial charge >= 0.3 is 5.97 Å². The lowest BCUT2D eigenvalue weighted by Crippen LogP contribution is -2.59. The van der Waals surface area contributed by atoms with Gasteiger partial charge < -0.3 is 15.2 Å². The minimum atomic E-state index is -0.733. The molecule has 2 N–H and O–H groups in total. The summed E-state index contributed by atoms with van der Waals surface area (Å²) in [5.41, 5.74) is -0.206. The van der Waals surface area contributed by atoms with Gasteiger partial charge in [0.2, 0.25) is 0 Å². The average Bonchev–Trinajstić information content (AvgIpc) is 2.07. The Morgan fingerprint density at radius 1 is 1.64 bits per heavy atom. The van der Waals surface area contributed by atoms with E-state index in [1.807, 2.05) is 0 Å². The van der Waals surface area contributed by atoms with Gasteiger partial charge in [-0.2, -0.15) is 0 Å². The van der Waals surface area contributed by atoms with Crippen LogP contribution in [0.25, 0.3) is 0 Å². The zero-order valence-corrected chi connectivity index (χ0v) is 8.88. The number of hydrogen-bond donors (Lipinski definition) is 2. The molecule has 0 atom stereocenters. The lowest BCUT2D eigenvalue weighted by Gasteiger charge is -2.47. The molecular weight excluding hydrogens is 182 g/mol. The maximum atomic E-state index is 10.7. The first-order chi connectivity index (χ1) is 6.62. The second-order valence-corrected chi connectivity index (χ2v) is 4.04. The van der Waals surface area contributed by atoms with E-state index in [2.05, 4.69) is 12.2 Å². The number of rotatable bonds is 6. The van der Waals surface area contributed by atoms with Gasteiger partial charge in [0, 0.05) is 12.6 Å². The third kappa shape index (κ3) is 2.69. The number of nitrogens with one attached hydrogen (secondary N) is 1. The Morgan fingerprint density at radius 3 is 2.71 bits per heavy atom. The highest BCUT2D eigenvalue weighted by molar-refractivity contribution is 5.68. The highest BCUT2D eigenvalue weighted by Crippen LogP contribution is 2.37. The van der Waals surface area contributed by atoms with Gasteiger partial charge in [-0.3, -0.25) is 4.79 Å². The van der Waals surface area contributed by atoms with Gasteiger partial charge in [-0.1, -0.05) is 6.92 Å². The van der Waals surface area contributed by atoms with E-state index >= 15 is 0 Å². The average molecular weight is 201 g/mol. The van der Waals surface area contributed by atoms with Crippen LogP contribution in [0, 0.1) is 0 Å². The molecule has 82 valence electrons. The number of carbonyl (C=O) groups is 1. The zero-order valence-electron chi connectivity index (χ0n) is 8.88. The Labute approximate surface area is 84.6 Å². The van der Waals surface area contributed by atoms with E-state index < -0.39 is 5.97 Å². The van der Waals surface area contributed by atoms with Gasteiger partial charge in [0.1, 0.15) is 0 Å². The van der Waals surface area contributed by atoms with Crippen LogP contribution in [-0.2, 0) is 9.53 Å². The molecule has 0 aromatic carbocycles. The van der Waals surface area contributed by atoms with E-state index in [9.17, 15) is 4.79 Å². The molecule has 0 heterocycles. The van der Waals surface area contributed by atoms with Crippen molar-refractivity contribution in [2.24, 2.45) is 0 Å². The Kier molecular flexibility index (Phi) is 3.89. The van der Waals surface area contributed by atoms with Crippen LogP contribution in [0.15, 0.2) is 0 Å². The second-order valence-electron chi connectivity index (χ2n) is 4.04. The molecule has 0 amide bonds. The van der Waals surface area contributed by atoms with Crippen LogP contribution in [0.5, 0.6) is 0 Å². The molecule has 4 heteroatoms. The first kappa shape index (κ1) is 11.5. The molecular formula is C10H19NO3. The van der Waals surface area contributed by atoms with Crippen LogP contribution in [0.1, 0.15) is 32.6 Å². The number of methoxy groups -OCH3 is 1. The Bertz CT molecular complexity index is 194. The molecule has 0 aromatic heterocycles. The number of carboxylic acid groups (broad SMARTS) is 1. The zero-order chi connectivity index (χ0) is 10.6. The normalized spacial score (nSPS) is 31.1. The topological polar surface area (TPSA) is 58.6 Å². The summed E-state index contributed by atoms with van der Waals surface area (Å²) in [7, 11) is 1.68. The molecule has 1 rings (SSSR count). The van der Waals surface area contributed by atoms with Crippen LogP contribution in [-0.4, -0.2) is 36.4 Å². The molecule has 4 nitrogen and oxygen atoms in total. The summed E-state index contributed by atoms with van der Waals surface area (Å²) >= 11 is 0. The third-order valence-corrected chi connectivity index (χ3v) is 2.81. The maximum absolute atomic E-state index is 10.7. The summed E-state index contributed by atoms with van der Waals surface area (Å²) in [6, 6.07) is 0. The molecule has 0 aliphatic heterocycles. The van der Waals surface area contributed by atoms with Gasteiger partial charge in [0.25, 0.3) is 0 Å². The molecule has 0 spiro atoms. The van der Waals surface area contributed by atoms with Gasteiger partial charge in [-0.15, -0.1) is 0 Å². The number of hydrogen-bond acceptors (Lipinski definition) is 3. The van der Waals surface area contributed by atoms with Crippen molar-refractivity contribution in [1.29, 1.82) is 0 Å². The fourth-order valence-electron chi connectivity index (χ4n) is 2.01. The highest BCUT2D eigenvalue weighted by Gasteiger charge is 2.45. The van der Waals surface area contributed by atoms with Crippen molar-refractivity contribution >= 4 is 5.97 Å². The van der Waals surface area contributed by atoms with Gasteiger partial charge in [0.05, 0.1) is 12.5 Å². The molecule has 1 saturated carbocycles. The predicted molar refractivity (Wildman–Crippen MR) is 53.3 cm³/mol. The predicted octanol–water partition coefficient (Wildman–Crippen LogP) is 1.01. The van der Waals surface area contributed by atoms with Crippen LogP contribution in [0.3, 0.4) is 0 Å². The number of aliphatic carboxylic acids is 1. The quantitative estimate of drug-likeness (QED) is 0.673. The monoisotopic (exact) mass is 201 g/mol. The summed E-state index contributed by atoms with van der Waals surface area (Å²) < 4.78 is 5.17. The number of carboxylic acids is 1. The van der Waals surface area contributed by atoms with E-state index in [-0.39, 0.29) is 18.1 Å². The first-order valence-corrected chi connectivity index (χ1v) is 5.11. The third-order valence-electron chi connectivity index (χ3n) is 2.81. The SMILES string of the molecule is CCCNC1(CC(=O)O)CC(OC)C1. The van der Waals surface area contributed by atoms with Crippen LogP contribution in [0.2, 0.25) is 0 Å². The molecule has 1 aliphatic rings. The van der Waals surface area contributed by atoms with Crippen LogP contribution < -0.4 is 5.32 Å². The van der Waals surface area contributed by atoms with E-state index in [0.29, 0.717) is 0 Å². The lowest BCUT2D eigenvalue weighted by molar-refractivity contribution is -0.142. The van der Waals surface area contributed by atoms with E-state index in [1.165, 1.54) is 0 Å². The lowest BCUT2D eigenvalue weighted by atomic mass is 9.72. The molecule has 0 saturated heterocycles. The van der Waals surface area contributed by atoms with Gasteiger partial charge in [-0.25, -0.2) is 0 Å². The Morgan fingerprint density at radius 2 is 2.29 bits per heavy atom. The van der Waals surface area contributed by atoms with Crippen molar-refractivity contribution in [3.05, 3.63) is 0 Å². The Balaban J connectivity index is 2.42. The molecule has 0 aromatic rings. The standard InChI is InChI=1S/C10H19NO3/c1-3-4-11-10(7-9(12)13)5-8(6-10)14-2/h8,11H,3-7H2,1-2H3,(H,12,13). The van der Waals surface area contributed by atoms with E-state index in [0.717, 1.165) is 25.8 Å². The molecule has 14 heavy (non-hydrogen) atoms. The highest BCUT2D eigenvalue weighted by atomic mass is 16.5. The molecule has 0 unspecified atom stereocenters. The Hall–Kier alpha value is -0.610. The summed E-state index contributed by atoms with van der Waals surface area (Å²) in [6.07, 6.45) is 3.09. The smallest absolute Gasteiger partial charge is 0.305 e. The van der Waals surface area contributed by atoms with Crippen molar-refractivity contribution in [1.82, 2.24) is 5.32 Å². The van der Waals surface area contributed by atoms with Gasteiger partial charge in [0.15, 0.2) is 0 Å². The first-order valence-electron chi connectivity index (χ1n) is 5.11. The second kappa shape index (κ2) is 4.75. The molecule has 0 bridgehead atoms. The minimum absolute atomic E-state index is 0.201. The van der Waals surface area contributed by atoms with Crippen molar-refractivity contribution in [2.75, 3.05) is 13.7 Å². The van der Waals surface area contributed by atoms with Crippen molar-refractivity contribution in [2.45, 2.75) is 44.2 Å².